The summed E-state index contributed by atoms with van der Waals surface area (Å²) in [5.41, 5.74) is 0.0584. The Bertz CT molecular complexity index is 732. The normalized spacial score (nSPS) is 21.6. The SMILES string of the molecule is COC(=O)c1ccsc1N1CC[C@H](N2CCN(C(=O)C(C)(C)C)CC2)C1=O. The second-order valence-corrected chi connectivity index (χ2v) is 8.90. The Labute approximate surface area is 163 Å². The molecule has 0 saturated carbocycles. The highest BCUT2D eigenvalue weighted by Crippen LogP contribution is 2.33. The molecular formula is C19H27N3O4S. The third-order valence-corrected chi connectivity index (χ3v) is 6.09. The molecule has 2 aliphatic rings. The van der Waals surface area contributed by atoms with Crippen LogP contribution in [0.5, 0.6) is 0 Å². The fraction of sp³-hybridized carbons (Fsp3) is 0.632. The van der Waals surface area contributed by atoms with E-state index in [0.717, 1.165) is 6.42 Å². The van der Waals surface area contributed by atoms with Gasteiger partial charge in [0.15, 0.2) is 0 Å². The Morgan fingerprint density at radius 2 is 1.81 bits per heavy atom. The lowest BCUT2D eigenvalue weighted by molar-refractivity contribution is -0.141. The smallest absolute Gasteiger partial charge is 0.340 e. The summed E-state index contributed by atoms with van der Waals surface area (Å²) in [4.78, 5) is 43.1. The summed E-state index contributed by atoms with van der Waals surface area (Å²) in [5, 5.41) is 2.47. The number of carbonyl (C=O) groups excluding carboxylic acids is 3. The summed E-state index contributed by atoms with van der Waals surface area (Å²) in [6.45, 7) is 9.06. The first-order chi connectivity index (χ1) is 12.7. The van der Waals surface area contributed by atoms with Crippen molar-refractivity contribution in [2.45, 2.75) is 33.2 Å². The van der Waals surface area contributed by atoms with Gasteiger partial charge in [0.05, 0.1) is 18.7 Å². The van der Waals surface area contributed by atoms with Crippen molar-refractivity contribution in [2.75, 3.05) is 44.7 Å². The topological polar surface area (TPSA) is 70.2 Å². The molecule has 0 spiro atoms. The largest absolute Gasteiger partial charge is 0.465 e. The fourth-order valence-corrected chi connectivity index (χ4v) is 4.61. The number of hydrogen-bond acceptors (Lipinski definition) is 6. The van der Waals surface area contributed by atoms with Crippen molar-refractivity contribution in [3.05, 3.63) is 17.0 Å². The van der Waals surface area contributed by atoms with Crippen LogP contribution in [0.15, 0.2) is 11.4 Å². The molecule has 0 bridgehead atoms. The number of ether oxygens (including phenoxy) is 1. The predicted molar refractivity (Wildman–Crippen MR) is 104 cm³/mol. The highest BCUT2D eigenvalue weighted by atomic mass is 32.1. The molecule has 1 aromatic heterocycles. The zero-order valence-electron chi connectivity index (χ0n) is 16.4. The van der Waals surface area contributed by atoms with Crippen LogP contribution < -0.4 is 4.90 Å². The highest BCUT2D eigenvalue weighted by molar-refractivity contribution is 7.14. The van der Waals surface area contributed by atoms with Gasteiger partial charge in [0.25, 0.3) is 0 Å². The second-order valence-electron chi connectivity index (χ2n) is 8.00. The van der Waals surface area contributed by atoms with E-state index in [4.69, 9.17) is 4.74 Å². The number of anilines is 1. The predicted octanol–water partition coefficient (Wildman–Crippen LogP) is 1.83. The number of thiophene rings is 1. The first-order valence-corrected chi connectivity index (χ1v) is 10.1. The van der Waals surface area contributed by atoms with Gasteiger partial charge in [0.2, 0.25) is 11.8 Å². The molecule has 0 radical (unpaired) electrons. The molecule has 148 valence electrons. The Balaban J connectivity index is 1.64. The summed E-state index contributed by atoms with van der Waals surface area (Å²) < 4.78 is 4.82. The van der Waals surface area contributed by atoms with E-state index in [1.807, 2.05) is 25.7 Å². The van der Waals surface area contributed by atoms with E-state index >= 15 is 0 Å². The van der Waals surface area contributed by atoms with E-state index in [1.54, 1.807) is 16.3 Å². The molecule has 1 aromatic rings. The molecule has 3 rings (SSSR count). The van der Waals surface area contributed by atoms with Crippen molar-refractivity contribution >= 4 is 34.1 Å². The summed E-state index contributed by atoms with van der Waals surface area (Å²) >= 11 is 1.38. The number of hydrogen-bond donors (Lipinski definition) is 0. The van der Waals surface area contributed by atoms with Gasteiger partial charge in [0.1, 0.15) is 5.00 Å². The minimum absolute atomic E-state index is 0.0261. The third kappa shape index (κ3) is 3.87. The molecule has 8 heteroatoms. The van der Waals surface area contributed by atoms with E-state index in [-0.39, 0.29) is 23.3 Å². The molecule has 0 aliphatic carbocycles. The number of piperazine rings is 1. The molecule has 0 aromatic carbocycles. The molecule has 0 N–H and O–H groups in total. The van der Waals surface area contributed by atoms with Crippen LogP contribution in [-0.4, -0.2) is 73.5 Å². The summed E-state index contributed by atoms with van der Waals surface area (Å²) in [7, 11) is 1.34. The van der Waals surface area contributed by atoms with Gasteiger partial charge >= 0.3 is 5.97 Å². The molecular weight excluding hydrogens is 366 g/mol. The fourth-order valence-electron chi connectivity index (χ4n) is 3.69. The Morgan fingerprint density at radius 3 is 2.41 bits per heavy atom. The van der Waals surface area contributed by atoms with Crippen LogP contribution in [0.25, 0.3) is 0 Å². The van der Waals surface area contributed by atoms with Crippen molar-refractivity contribution in [1.82, 2.24) is 9.80 Å². The van der Waals surface area contributed by atoms with Crippen molar-refractivity contribution in [3.63, 3.8) is 0 Å². The molecule has 2 saturated heterocycles. The van der Waals surface area contributed by atoms with Gasteiger partial charge in [-0.3, -0.25) is 14.5 Å². The van der Waals surface area contributed by atoms with E-state index in [2.05, 4.69) is 4.90 Å². The van der Waals surface area contributed by atoms with Gasteiger partial charge in [-0.05, 0) is 17.9 Å². The van der Waals surface area contributed by atoms with Gasteiger partial charge in [-0.1, -0.05) is 20.8 Å². The van der Waals surface area contributed by atoms with Crippen LogP contribution in [0, 0.1) is 5.41 Å². The molecule has 2 fully saturated rings. The monoisotopic (exact) mass is 393 g/mol. The minimum Gasteiger partial charge on any atom is -0.465 e. The number of carbonyl (C=O) groups is 3. The first-order valence-electron chi connectivity index (χ1n) is 9.24. The number of nitrogens with zero attached hydrogens (tertiary/aromatic N) is 3. The van der Waals surface area contributed by atoms with Crippen LogP contribution in [0.4, 0.5) is 5.00 Å². The lowest BCUT2D eigenvalue weighted by Gasteiger charge is -2.39. The Hall–Kier alpha value is -1.93. The van der Waals surface area contributed by atoms with E-state index in [0.29, 0.717) is 43.3 Å². The van der Waals surface area contributed by atoms with Crippen LogP contribution in [-0.2, 0) is 14.3 Å². The minimum atomic E-state index is -0.420. The Morgan fingerprint density at radius 1 is 1.15 bits per heavy atom. The van der Waals surface area contributed by atoms with Crippen LogP contribution in [0.3, 0.4) is 0 Å². The molecule has 27 heavy (non-hydrogen) atoms. The average Bonchev–Trinajstić information content (AvgIpc) is 3.26. The van der Waals surface area contributed by atoms with Gasteiger partial charge in [0, 0.05) is 38.1 Å². The van der Waals surface area contributed by atoms with Crippen LogP contribution >= 0.6 is 11.3 Å². The number of rotatable bonds is 3. The van der Waals surface area contributed by atoms with Crippen molar-refractivity contribution in [2.24, 2.45) is 5.41 Å². The average molecular weight is 394 g/mol. The van der Waals surface area contributed by atoms with Crippen molar-refractivity contribution < 1.29 is 19.1 Å². The zero-order chi connectivity index (χ0) is 19.8. The molecule has 7 nitrogen and oxygen atoms in total. The van der Waals surface area contributed by atoms with Gasteiger partial charge in [-0.2, -0.15) is 0 Å². The second kappa shape index (κ2) is 7.59. The quantitative estimate of drug-likeness (QED) is 0.733. The lowest BCUT2D eigenvalue weighted by atomic mass is 9.94. The maximum Gasteiger partial charge on any atom is 0.340 e. The molecule has 2 amide bonds. The summed E-state index contributed by atoms with van der Waals surface area (Å²) in [5.74, 6) is -0.238. The lowest BCUT2D eigenvalue weighted by Crippen LogP contribution is -2.55. The molecule has 3 heterocycles. The first kappa shape index (κ1) is 19.8. The summed E-state index contributed by atoms with van der Waals surface area (Å²) in [6.07, 6.45) is 0.727. The summed E-state index contributed by atoms with van der Waals surface area (Å²) in [6, 6.07) is 1.51. The van der Waals surface area contributed by atoms with Gasteiger partial charge in [-0.25, -0.2) is 4.79 Å². The number of methoxy groups -OCH3 is 1. The maximum absolute atomic E-state index is 13.0. The standard InChI is InChI=1S/C19H27N3O4S/c1-19(2,3)18(25)21-10-8-20(9-11-21)14-5-7-22(15(14)23)16-13(6-12-27-16)17(24)26-4/h6,12,14H,5,7-11H2,1-4H3/t14-/m0/s1. The Kier molecular flexibility index (Phi) is 5.58. The van der Waals surface area contributed by atoms with Crippen LogP contribution in [0.1, 0.15) is 37.6 Å². The maximum atomic E-state index is 13.0. The van der Waals surface area contributed by atoms with E-state index < -0.39 is 5.97 Å². The van der Waals surface area contributed by atoms with Gasteiger partial charge < -0.3 is 14.5 Å². The molecule has 1 atom stereocenters. The van der Waals surface area contributed by atoms with Crippen molar-refractivity contribution in [1.29, 1.82) is 0 Å². The van der Waals surface area contributed by atoms with Crippen LogP contribution in [0.2, 0.25) is 0 Å². The number of esters is 1. The molecule has 0 unspecified atom stereocenters. The van der Waals surface area contributed by atoms with Gasteiger partial charge in [-0.15, -0.1) is 11.3 Å². The van der Waals surface area contributed by atoms with E-state index in [9.17, 15) is 14.4 Å². The van der Waals surface area contributed by atoms with E-state index in [1.165, 1.54) is 18.4 Å². The molecule has 2 aliphatic heterocycles. The zero-order valence-corrected chi connectivity index (χ0v) is 17.2. The number of amides is 2. The third-order valence-electron chi connectivity index (χ3n) is 5.16. The van der Waals surface area contributed by atoms with Crippen molar-refractivity contribution in [3.8, 4) is 0 Å². The highest BCUT2D eigenvalue weighted by Gasteiger charge is 2.40.